The Bertz CT molecular complexity index is 449. The van der Waals surface area contributed by atoms with Crippen molar-refractivity contribution in [3.05, 3.63) is 30.1 Å². The largest absolute Gasteiger partial charge is 0.315 e. The summed E-state index contributed by atoms with van der Waals surface area (Å²) >= 11 is 1.54. The molecule has 3 nitrogen and oxygen atoms in total. The summed E-state index contributed by atoms with van der Waals surface area (Å²) in [5.41, 5.74) is 0. The number of hydrogen-bond acceptors (Lipinski definition) is 4. The summed E-state index contributed by atoms with van der Waals surface area (Å²) in [6, 6.07) is 6.43. The molecule has 0 radical (unpaired) electrons. The molecule has 0 aliphatic rings. The van der Waals surface area contributed by atoms with E-state index in [-0.39, 0.29) is 11.6 Å². The van der Waals surface area contributed by atoms with E-state index in [2.05, 4.69) is 5.32 Å². The van der Waals surface area contributed by atoms with Crippen molar-refractivity contribution >= 4 is 21.6 Å². The summed E-state index contributed by atoms with van der Waals surface area (Å²) in [6.07, 6.45) is 1.22. The molecule has 0 fully saturated rings. The Morgan fingerprint density at radius 1 is 1.35 bits per heavy atom. The number of halogens is 1. The quantitative estimate of drug-likeness (QED) is 0.607. The highest BCUT2D eigenvalue weighted by atomic mass is 32.2. The minimum Gasteiger partial charge on any atom is -0.315 e. The number of sulfone groups is 1. The van der Waals surface area contributed by atoms with E-state index in [0.717, 1.165) is 10.6 Å². The van der Waals surface area contributed by atoms with Gasteiger partial charge >= 0.3 is 0 Å². The van der Waals surface area contributed by atoms with E-state index in [1.807, 2.05) is 6.07 Å². The summed E-state index contributed by atoms with van der Waals surface area (Å²) in [6.45, 7) is 1.17. The SMILES string of the molecule is CS(=O)(=O)CCNCCSc1cccc(F)c1. The lowest BCUT2D eigenvalue weighted by Crippen LogP contribution is -2.24. The number of thioether (sulfide) groups is 1. The summed E-state index contributed by atoms with van der Waals surface area (Å²) in [7, 11) is -2.89. The van der Waals surface area contributed by atoms with Crippen molar-refractivity contribution in [2.75, 3.05) is 30.9 Å². The van der Waals surface area contributed by atoms with Crippen LogP contribution in [-0.4, -0.2) is 39.3 Å². The second-order valence-corrected chi connectivity index (χ2v) is 7.11. The molecular weight excluding hydrogens is 261 g/mol. The topological polar surface area (TPSA) is 46.2 Å². The average Bonchev–Trinajstić information content (AvgIpc) is 2.22. The van der Waals surface area contributed by atoms with Crippen LogP contribution in [0.15, 0.2) is 29.2 Å². The molecule has 0 aliphatic carbocycles. The van der Waals surface area contributed by atoms with Crippen LogP contribution in [-0.2, 0) is 9.84 Å². The molecule has 96 valence electrons. The van der Waals surface area contributed by atoms with Crippen molar-refractivity contribution in [3.8, 4) is 0 Å². The standard InChI is InChI=1S/C11H16FNO2S2/c1-17(14,15)8-6-13-5-7-16-11-4-2-3-10(12)9-11/h2-4,9,13H,5-8H2,1H3. The van der Waals surface area contributed by atoms with Crippen molar-refractivity contribution in [1.29, 1.82) is 0 Å². The number of nitrogens with one attached hydrogen (secondary N) is 1. The lowest BCUT2D eigenvalue weighted by molar-refractivity contribution is 0.598. The van der Waals surface area contributed by atoms with Crippen LogP contribution in [0.4, 0.5) is 4.39 Å². The van der Waals surface area contributed by atoms with Crippen LogP contribution in [0.25, 0.3) is 0 Å². The van der Waals surface area contributed by atoms with E-state index in [1.165, 1.54) is 18.4 Å². The van der Waals surface area contributed by atoms with Gasteiger partial charge in [0.25, 0.3) is 0 Å². The third-order valence-corrected chi connectivity index (χ3v) is 3.93. The predicted octanol–water partition coefficient (Wildman–Crippen LogP) is 1.55. The Morgan fingerprint density at radius 2 is 2.12 bits per heavy atom. The monoisotopic (exact) mass is 277 g/mol. The van der Waals surface area contributed by atoms with Crippen LogP contribution in [0.3, 0.4) is 0 Å². The van der Waals surface area contributed by atoms with Gasteiger partial charge in [-0.15, -0.1) is 11.8 Å². The fourth-order valence-electron chi connectivity index (χ4n) is 1.18. The first-order chi connectivity index (χ1) is 7.97. The average molecular weight is 277 g/mol. The minimum atomic E-state index is -2.89. The van der Waals surface area contributed by atoms with Crippen LogP contribution in [0.5, 0.6) is 0 Å². The van der Waals surface area contributed by atoms with Crippen molar-refractivity contribution in [3.63, 3.8) is 0 Å². The van der Waals surface area contributed by atoms with Gasteiger partial charge in [-0.3, -0.25) is 0 Å². The highest BCUT2D eigenvalue weighted by Crippen LogP contribution is 2.17. The van der Waals surface area contributed by atoms with Crippen molar-refractivity contribution in [2.45, 2.75) is 4.90 Å². The Labute approximate surface area is 106 Å². The van der Waals surface area contributed by atoms with E-state index in [0.29, 0.717) is 13.1 Å². The molecule has 0 atom stereocenters. The molecule has 1 aromatic carbocycles. The first kappa shape index (κ1) is 14.5. The van der Waals surface area contributed by atoms with Crippen LogP contribution >= 0.6 is 11.8 Å². The normalized spacial score (nSPS) is 11.6. The van der Waals surface area contributed by atoms with Crippen molar-refractivity contribution < 1.29 is 12.8 Å². The van der Waals surface area contributed by atoms with Gasteiger partial charge in [0.05, 0.1) is 5.75 Å². The van der Waals surface area contributed by atoms with E-state index < -0.39 is 9.84 Å². The fourth-order valence-corrected chi connectivity index (χ4v) is 2.55. The van der Waals surface area contributed by atoms with Gasteiger partial charge in [0.1, 0.15) is 15.7 Å². The maximum Gasteiger partial charge on any atom is 0.148 e. The van der Waals surface area contributed by atoms with Gasteiger partial charge in [0.15, 0.2) is 0 Å². The van der Waals surface area contributed by atoms with E-state index in [9.17, 15) is 12.8 Å². The molecule has 0 aliphatic heterocycles. The Morgan fingerprint density at radius 3 is 2.76 bits per heavy atom. The first-order valence-corrected chi connectivity index (χ1v) is 8.29. The van der Waals surface area contributed by atoms with Crippen molar-refractivity contribution in [2.24, 2.45) is 0 Å². The number of hydrogen-bond donors (Lipinski definition) is 1. The molecule has 1 rings (SSSR count). The van der Waals surface area contributed by atoms with E-state index >= 15 is 0 Å². The zero-order chi connectivity index (χ0) is 12.7. The Hall–Kier alpha value is -0.590. The number of benzene rings is 1. The summed E-state index contributed by atoms with van der Waals surface area (Å²) in [5, 5.41) is 3.03. The molecule has 17 heavy (non-hydrogen) atoms. The molecule has 0 saturated carbocycles. The van der Waals surface area contributed by atoms with Crippen LogP contribution in [0, 0.1) is 5.82 Å². The molecule has 1 N–H and O–H groups in total. The molecule has 0 spiro atoms. The van der Waals surface area contributed by atoms with Gasteiger partial charge in [-0.25, -0.2) is 12.8 Å². The smallest absolute Gasteiger partial charge is 0.148 e. The highest BCUT2D eigenvalue weighted by Gasteiger charge is 2.00. The third-order valence-electron chi connectivity index (χ3n) is 1.99. The lowest BCUT2D eigenvalue weighted by atomic mass is 10.4. The van der Waals surface area contributed by atoms with Crippen molar-refractivity contribution in [1.82, 2.24) is 5.32 Å². The molecule has 0 amide bonds. The summed E-state index contributed by atoms with van der Waals surface area (Å²) in [4.78, 5) is 0.884. The second-order valence-electron chi connectivity index (χ2n) is 3.69. The van der Waals surface area contributed by atoms with Gasteiger partial charge < -0.3 is 5.32 Å². The zero-order valence-corrected chi connectivity index (χ0v) is 11.3. The minimum absolute atomic E-state index is 0.150. The molecule has 0 bridgehead atoms. The Kier molecular flexibility index (Phi) is 5.94. The second kappa shape index (κ2) is 6.98. The van der Waals surface area contributed by atoms with Gasteiger partial charge in [-0.2, -0.15) is 0 Å². The maximum absolute atomic E-state index is 12.8. The molecule has 1 aromatic rings. The van der Waals surface area contributed by atoms with Gasteiger partial charge in [-0.1, -0.05) is 6.07 Å². The molecule has 6 heteroatoms. The zero-order valence-electron chi connectivity index (χ0n) is 9.65. The molecular formula is C11H16FNO2S2. The molecule has 0 unspecified atom stereocenters. The fraction of sp³-hybridized carbons (Fsp3) is 0.455. The van der Waals surface area contributed by atoms with Crippen LogP contribution in [0.1, 0.15) is 0 Å². The van der Waals surface area contributed by atoms with E-state index in [4.69, 9.17) is 0 Å². The predicted molar refractivity (Wildman–Crippen MR) is 69.7 cm³/mol. The summed E-state index contributed by atoms with van der Waals surface area (Å²) < 4.78 is 34.5. The van der Waals surface area contributed by atoms with Crippen LogP contribution in [0.2, 0.25) is 0 Å². The summed E-state index contributed by atoms with van der Waals surface area (Å²) in [5.74, 6) is 0.699. The van der Waals surface area contributed by atoms with Gasteiger partial charge in [0, 0.05) is 30.0 Å². The maximum atomic E-state index is 12.8. The van der Waals surface area contributed by atoms with Crippen LogP contribution < -0.4 is 5.32 Å². The number of rotatable bonds is 7. The first-order valence-electron chi connectivity index (χ1n) is 5.24. The third kappa shape index (κ3) is 7.36. The highest BCUT2D eigenvalue weighted by molar-refractivity contribution is 7.99. The lowest BCUT2D eigenvalue weighted by Gasteiger charge is -2.04. The molecule has 0 heterocycles. The molecule has 0 saturated heterocycles. The van der Waals surface area contributed by atoms with Gasteiger partial charge in [-0.05, 0) is 18.2 Å². The molecule has 0 aromatic heterocycles. The van der Waals surface area contributed by atoms with E-state index in [1.54, 1.807) is 17.8 Å². The van der Waals surface area contributed by atoms with Gasteiger partial charge in [0.2, 0.25) is 0 Å². The Balaban J connectivity index is 2.13.